The summed E-state index contributed by atoms with van der Waals surface area (Å²) in [5.41, 5.74) is 5.50. The van der Waals surface area contributed by atoms with Crippen LogP contribution in [0.25, 0.3) is 0 Å². The third-order valence-electron chi connectivity index (χ3n) is 3.46. The molecule has 0 aliphatic carbocycles. The first-order chi connectivity index (χ1) is 9.22. The minimum Gasteiger partial charge on any atom is -0.395 e. The molecule has 0 heterocycles. The van der Waals surface area contributed by atoms with Gasteiger partial charge in [-0.2, -0.15) is 0 Å². The highest BCUT2D eigenvalue weighted by molar-refractivity contribution is 4.93. The molecule has 0 bridgehead atoms. The number of rotatable bonds is 13. The van der Waals surface area contributed by atoms with E-state index in [1.165, 1.54) is 57.8 Å². The molecule has 0 aliphatic heterocycles. The molecule has 0 aromatic heterocycles. The molecular weight excluding hydrogens is 238 g/mol. The van der Waals surface area contributed by atoms with Crippen LogP contribution in [-0.4, -0.2) is 29.0 Å². The molecule has 0 aromatic carbocycles. The minimum atomic E-state index is -0.719. The summed E-state index contributed by atoms with van der Waals surface area (Å²) < 4.78 is 0. The average molecular weight is 271 g/mol. The van der Waals surface area contributed by atoms with Crippen molar-refractivity contribution in [2.75, 3.05) is 6.61 Å². The largest absolute Gasteiger partial charge is 0.395 e. The predicted octanol–water partition coefficient (Wildman–Crippen LogP) is 3.14. The van der Waals surface area contributed by atoms with Crippen molar-refractivity contribution in [1.29, 1.82) is 0 Å². The van der Waals surface area contributed by atoms with Crippen molar-refractivity contribution in [3.63, 3.8) is 0 Å². The summed E-state index contributed by atoms with van der Waals surface area (Å²) >= 11 is 0. The molecule has 0 saturated carbocycles. The van der Waals surface area contributed by atoms with Crippen LogP contribution >= 0.6 is 0 Å². The van der Waals surface area contributed by atoms with Crippen LogP contribution in [0.3, 0.4) is 0 Å². The number of nitrogens with two attached hydrogens (primary N) is 1. The molecule has 0 rings (SSSR count). The number of hydrogen-bond donors (Lipinski definition) is 3. The molecule has 0 fully saturated rings. The standard InChI is InChI=1S/C16H33NO2/c1-2-3-4-5-6-7-8-9-10-11-12-13-16(19)15(17)14-18/h12-13,15-16,18-19H,2-11,14,17H2,1H3/t15-,16+/m0/s1. The smallest absolute Gasteiger partial charge is 0.0894 e. The van der Waals surface area contributed by atoms with Gasteiger partial charge in [-0.05, 0) is 12.8 Å². The Morgan fingerprint density at radius 1 is 0.947 bits per heavy atom. The number of aliphatic hydroxyl groups is 2. The zero-order chi connectivity index (χ0) is 14.3. The summed E-state index contributed by atoms with van der Waals surface area (Å²) in [4.78, 5) is 0. The molecule has 0 amide bonds. The Labute approximate surface area is 118 Å². The van der Waals surface area contributed by atoms with Gasteiger partial charge in [0, 0.05) is 0 Å². The van der Waals surface area contributed by atoms with Crippen molar-refractivity contribution in [1.82, 2.24) is 0 Å². The van der Waals surface area contributed by atoms with Gasteiger partial charge in [0.1, 0.15) is 0 Å². The van der Waals surface area contributed by atoms with E-state index in [4.69, 9.17) is 10.8 Å². The Balaban J connectivity index is 3.24. The van der Waals surface area contributed by atoms with Crippen LogP contribution in [0.1, 0.15) is 71.1 Å². The Morgan fingerprint density at radius 3 is 2.00 bits per heavy atom. The van der Waals surface area contributed by atoms with Crippen LogP contribution in [0.5, 0.6) is 0 Å². The summed E-state index contributed by atoms with van der Waals surface area (Å²) in [5, 5.41) is 18.3. The van der Waals surface area contributed by atoms with Crippen molar-refractivity contribution < 1.29 is 10.2 Å². The van der Waals surface area contributed by atoms with Gasteiger partial charge >= 0.3 is 0 Å². The molecule has 0 spiro atoms. The van der Waals surface area contributed by atoms with E-state index in [9.17, 15) is 5.11 Å². The van der Waals surface area contributed by atoms with Crippen LogP contribution in [0, 0.1) is 0 Å². The van der Waals surface area contributed by atoms with E-state index in [1.807, 2.05) is 6.08 Å². The van der Waals surface area contributed by atoms with Gasteiger partial charge in [-0.15, -0.1) is 0 Å². The number of unbranched alkanes of at least 4 members (excludes halogenated alkanes) is 9. The van der Waals surface area contributed by atoms with Gasteiger partial charge in [-0.25, -0.2) is 0 Å². The summed E-state index contributed by atoms with van der Waals surface area (Å²) in [6.45, 7) is 2.07. The van der Waals surface area contributed by atoms with Crippen molar-refractivity contribution in [2.24, 2.45) is 5.73 Å². The predicted molar refractivity (Wildman–Crippen MR) is 82.1 cm³/mol. The van der Waals surface area contributed by atoms with Gasteiger partial charge in [-0.3, -0.25) is 0 Å². The third-order valence-corrected chi connectivity index (χ3v) is 3.46. The second kappa shape index (κ2) is 14.0. The first-order valence-electron chi connectivity index (χ1n) is 7.93. The van der Waals surface area contributed by atoms with Gasteiger partial charge in [0.2, 0.25) is 0 Å². The Kier molecular flexibility index (Phi) is 13.8. The molecule has 0 saturated heterocycles. The quantitative estimate of drug-likeness (QED) is 0.356. The maximum atomic E-state index is 9.49. The highest BCUT2D eigenvalue weighted by Crippen LogP contribution is 2.10. The van der Waals surface area contributed by atoms with Crippen molar-refractivity contribution >= 4 is 0 Å². The second-order valence-electron chi connectivity index (χ2n) is 5.38. The van der Waals surface area contributed by atoms with Crippen molar-refractivity contribution in [3.8, 4) is 0 Å². The van der Waals surface area contributed by atoms with Gasteiger partial charge in [0.25, 0.3) is 0 Å². The summed E-state index contributed by atoms with van der Waals surface area (Å²) in [7, 11) is 0. The maximum absolute atomic E-state index is 9.49. The van der Waals surface area contributed by atoms with E-state index in [0.717, 1.165) is 6.42 Å². The Morgan fingerprint density at radius 2 is 1.47 bits per heavy atom. The average Bonchev–Trinajstić information content (AvgIpc) is 2.43. The molecule has 19 heavy (non-hydrogen) atoms. The van der Waals surface area contributed by atoms with Gasteiger partial charge < -0.3 is 15.9 Å². The first-order valence-corrected chi connectivity index (χ1v) is 7.93. The monoisotopic (exact) mass is 271 g/mol. The van der Waals surface area contributed by atoms with E-state index in [-0.39, 0.29) is 6.61 Å². The fourth-order valence-electron chi connectivity index (χ4n) is 2.06. The summed E-state index contributed by atoms with van der Waals surface area (Å²) in [5.74, 6) is 0. The molecule has 4 N–H and O–H groups in total. The molecule has 0 radical (unpaired) electrons. The van der Waals surface area contributed by atoms with Crippen molar-refractivity contribution in [3.05, 3.63) is 12.2 Å². The number of hydrogen-bond acceptors (Lipinski definition) is 3. The van der Waals surface area contributed by atoms with Gasteiger partial charge in [-0.1, -0.05) is 70.4 Å². The van der Waals surface area contributed by atoms with E-state index >= 15 is 0 Å². The molecule has 2 atom stereocenters. The zero-order valence-corrected chi connectivity index (χ0v) is 12.6. The lowest BCUT2D eigenvalue weighted by atomic mass is 10.1. The number of allylic oxidation sites excluding steroid dienone is 1. The normalized spacial score (nSPS) is 14.9. The van der Waals surface area contributed by atoms with Gasteiger partial charge in [0.15, 0.2) is 0 Å². The van der Waals surface area contributed by atoms with Crippen LogP contribution < -0.4 is 5.73 Å². The fraction of sp³-hybridized carbons (Fsp3) is 0.875. The van der Waals surface area contributed by atoms with Gasteiger partial charge in [0.05, 0.1) is 18.8 Å². The lowest BCUT2D eigenvalue weighted by Gasteiger charge is -2.11. The van der Waals surface area contributed by atoms with E-state index in [0.29, 0.717) is 0 Å². The highest BCUT2D eigenvalue weighted by Gasteiger charge is 2.08. The van der Waals surface area contributed by atoms with Crippen molar-refractivity contribution in [2.45, 2.75) is 83.3 Å². The first kappa shape index (κ1) is 18.6. The summed E-state index contributed by atoms with van der Waals surface area (Å²) in [6, 6.07) is -0.556. The molecule has 0 aliphatic rings. The number of aliphatic hydroxyl groups excluding tert-OH is 2. The molecule has 3 heteroatoms. The Bertz CT molecular complexity index is 207. The zero-order valence-electron chi connectivity index (χ0n) is 12.6. The van der Waals surface area contributed by atoms with E-state index in [1.54, 1.807) is 6.08 Å². The topological polar surface area (TPSA) is 66.5 Å². The lowest BCUT2D eigenvalue weighted by Crippen LogP contribution is -2.36. The van der Waals surface area contributed by atoms with E-state index < -0.39 is 12.1 Å². The fourth-order valence-corrected chi connectivity index (χ4v) is 2.06. The highest BCUT2D eigenvalue weighted by atomic mass is 16.3. The molecule has 3 nitrogen and oxygen atoms in total. The lowest BCUT2D eigenvalue weighted by molar-refractivity contribution is 0.144. The molecule has 0 unspecified atom stereocenters. The molecule has 114 valence electrons. The van der Waals surface area contributed by atoms with E-state index in [2.05, 4.69) is 6.92 Å². The Hall–Kier alpha value is -0.380. The molecule has 0 aromatic rings. The van der Waals surface area contributed by atoms with Crippen LogP contribution in [0.2, 0.25) is 0 Å². The minimum absolute atomic E-state index is 0.177. The second-order valence-corrected chi connectivity index (χ2v) is 5.38. The SMILES string of the molecule is CCCCCCCCCCCC=C[C@@H](O)[C@@H](N)CO. The van der Waals surface area contributed by atoms with Crippen LogP contribution in [0.4, 0.5) is 0 Å². The summed E-state index contributed by atoms with van der Waals surface area (Å²) in [6.07, 6.45) is 15.9. The van der Waals surface area contributed by atoms with Crippen LogP contribution in [-0.2, 0) is 0 Å². The maximum Gasteiger partial charge on any atom is 0.0894 e. The third kappa shape index (κ3) is 12.4. The molecular formula is C16H33NO2. The van der Waals surface area contributed by atoms with Crippen LogP contribution in [0.15, 0.2) is 12.2 Å².